The summed E-state index contributed by atoms with van der Waals surface area (Å²) in [6, 6.07) is 7.38. The maximum absolute atomic E-state index is 11.9. The summed E-state index contributed by atoms with van der Waals surface area (Å²) in [6.07, 6.45) is -0.555. The number of morpholine rings is 1. The van der Waals surface area contributed by atoms with E-state index in [1.165, 1.54) is 0 Å². The number of nitrogens with one attached hydrogen (secondary N) is 2. The van der Waals surface area contributed by atoms with E-state index in [2.05, 4.69) is 10.6 Å². The number of rotatable bonds is 6. The second-order valence-electron chi connectivity index (χ2n) is 4.92. The number of amides is 1. The molecule has 21 heavy (non-hydrogen) atoms. The summed E-state index contributed by atoms with van der Waals surface area (Å²) in [5.74, 6) is 1.35. The van der Waals surface area contributed by atoms with Gasteiger partial charge in [0.05, 0.1) is 20.3 Å². The Hall–Kier alpha value is -1.79. The lowest BCUT2D eigenvalue weighted by Gasteiger charge is -2.23. The highest BCUT2D eigenvalue weighted by Gasteiger charge is 2.21. The molecule has 0 spiro atoms. The van der Waals surface area contributed by atoms with E-state index in [4.69, 9.17) is 14.2 Å². The summed E-state index contributed by atoms with van der Waals surface area (Å²) in [6.45, 7) is 4.24. The Morgan fingerprint density at radius 2 is 2.33 bits per heavy atom. The lowest BCUT2D eigenvalue weighted by atomic mass is 10.2. The average molecular weight is 294 g/mol. The summed E-state index contributed by atoms with van der Waals surface area (Å²) >= 11 is 0. The molecule has 1 fully saturated rings. The van der Waals surface area contributed by atoms with Gasteiger partial charge in [-0.1, -0.05) is 6.07 Å². The first-order valence-corrected chi connectivity index (χ1v) is 7.10. The Labute approximate surface area is 124 Å². The number of hydrogen-bond acceptors (Lipinski definition) is 5. The van der Waals surface area contributed by atoms with E-state index in [9.17, 15) is 4.79 Å². The first-order chi connectivity index (χ1) is 10.2. The van der Waals surface area contributed by atoms with Gasteiger partial charge in [0.2, 0.25) is 0 Å². The zero-order valence-corrected chi connectivity index (χ0v) is 12.4. The van der Waals surface area contributed by atoms with Gasteiger partial charge in [0.1, 0.15) is 23.7 Å². The number of hydrogen-bond donors (Lipinski definition) is 2. The van der Waals surface area contributed by atoms with E-state index in [0.717, 1.165) is 12.3 Å². The molecule has 1 aliphatic rings. The monoisotopic (exact) mass is 294 g/mol. The van der Waals surface area contributed by atoms with Crippen LogP contribution in [0.1, 0.15) is 6.92 Å². The zero-order chi connectivity index (χ0) is 15.1. The van der Waals surface area contributed by atoms with Gasteiger partial charge in [-0.05, 0) is 19.1 Å². The zero-order valence-electron chi connectivity index (χ0n) is 12.4. The van der Waals surface area contributed by atoms with Crippen molar-refractivity contribution in [2.75, 3.05) is 33.4 Å². The maximum atomic E-state index is 11.9. The van der Waals surface area contributed by atoms with Crippen molar-refractivity contribution in [1.82, 2.24) is 10.6 Å². The minimum absolute atomic E-state index is 0.108. The number of carbonyl (C=O) groups is 1. The van der Waals surface area contributed by atoms with E-state index >= 15 is 0 Å². The van der Waals surface area contributed by atoms with Crippen molar-refractivity contribution in [2.45, 2.75) is 19.1 Å². The van der Waals surface area contributed by atoms with Gasteiger partial charge in [-0.25, -0.2) is 0 Å². The van der Waals surface area contributed by atoms with Crippen LogP contribution in [0, 0.1) is 0 Å². The van der Waals surface area contributed by atoms with Crippen LogP contribution in [0.15, 0.2) is 24.3 Å². The van der Waals surface area contributed by atoms with Crippen molar-refractivity contribution in [1.29, 1.82) is 0 Å². The molecule has 0 bridgehead atoms. The molecular weight excluding hydrogens is 272 g/mol. The quantitative estimate of drug-likeness (QED) is 0.803. The SMILES string of the molecule is COc1cccc(OC(C)CNC(=O)C2CNCCO2)c1. The molecule has 0 aromatic heterocycles. The van der Waals surface area contributed by atoms with Crippen LogP contribution in [0.5, 0.6) is 11.5 Å². The van der Waals surface area contributed by atoms with Gasteiger partial charge in [0, 0.05) is 19.2 Å². The van der Waals surface area contributed by atoms with Gasteiger partial charge in [0.15, 0.2) is 0 Å². The highest BCUT2D eigenvalue weighted by molar-refractivity contribution is 5.81. The average Bonchev–Trinajstić information content (AvgIpc) is 2.53. The molecule has 1 heterocycles. The fourth-order valence-corrected chi connectivity index (χ4v) is 2.04. The van der Waals surface area contributed by atoms with Crippen molar-refractivity contribution in [3.63, 3.8) is 0 Å². The third kappa shape index (κ3) is 4.91. The van der Waals surface area contributed by atoms with Crippen LogP contribution in [0.4, 0.5) is 0 Å². The topological polar surface area (TPSA) is 68.8 Å². The summed E-state index contributed by atoms with van der Waals surface area (Å²) in [4.78, 5) is 11.9. The largest absolute Gasteiger partial charge is 0.497 e. The number of methoxy groups -OCH3 is 1. The van der Waals surface area contributed by atoms with Gasteiger partial charge >= 0.3 is 0 Å². The highest BCUT2D eigenvalue weighted by atomic mass is 16.5. The summed E-state index contributed by atoms with van der Waals surface area (Å²) in [5.41, 5.74) is 0. The Morgan fingerprint density at radius 3 is 3.05 bits per heavy atom. The fourth-order valence-electron chi connectivity index (χ4n) is 2.04. The predicted octanol–water partition coefficient (Wildman–Crippen LogP) is 0.567. The third-order valence-corrected chi connectivity index (χ3v) is 3.16. The minimum Gasteiger partial charge on any atom is -0.497 e. The molecule has 2 rings (SSSR count). The molecule has 1 aromatic rings. The van der Waals surface area contributed by atoms with E-state index in [0.29, 0.717) is 25.4 Å². The molecule has 116 valence electrons. The highest BCUT2D eigenvalue weighted by Crippen LogP contribution is 2.19. The molecule has 0 saturated carbocycles. The standard InChI is InChI=1S/C15H22N2O4/c1-11(21-13-5-3-4-12(8-13)19-2)9-17-15(18)14-10-16-6-7-20-14/h3-5,8,11,14,16H,6-7,9-10H2,1-2H3,(H,17,18). The van der Waals surface area contributed by atoms with Crippen LogP contribution < -0.4 is 20.1 Å². The predicted molar refractivity (Wildman–Crippen MR) is 78.7 cm³/mol. The maximum Gasteiger partial charge on any atom is 0.250 e. The first kappa shape index (κ1) is 15.6. The molecule has 1 saturated heterocycles. The third-order valence-electron chi connectivity index (χ3n) is 3.16. The summed E-state index contributed by atoms with van der Waals surface area (Å²) in [5, 5.41) is 5.97. The lowest BCUT2D eigenvalue weighted by Crippen LogP contribution is -2.49. The lowest BCUT2D eigenvalue weighted by molar-refractivity contribution is -0.134. The molecule has 1 aromatic carbocycles. The molecule has 2 unspecified atom stereocenters. The van der Waals surface area contributed by atoms with Crippen molar-refractivity contribution in [3.05, 3.63) is 24.3 Å². The van der Waals surface area contributed by atoms with Gasteiger partial charge in [-0.2, -0.15) is 0 Å². The first-order valence-electron chi connectivity index (χ1n) is 7.10. The second kappa shape index (κ2) is 7.85. The molecule has 0 aliphatic carbocycles. The molecular formula is C15H22N2O4. The normalized spacial score (nSPS) is 19.6. The van der Waals surface area contributed by atoms with Crippen molar-refractivity contribution >= 4 is 5.91 Å². The van der Waals surface area contributed by atoms with Crippen molar-refractivity contribution in [2.24, 2.45) is 0 Å². The smallest absolute Gasteiger partial charge is 0.250 e. The minimum atomic E-state index is -0.414. The Kier molecular flexibility index (Phi) is 5.83. The molecule has 0 radical (unpaired) electrons. The Balaban J connectivity index is 1.75. The van der Waals surface area contributed by atoms with Gasteiger partial charge < -0.3 is 24.8 Å². The fraction of sp³-hybridized carbons (Fsp3) is 0.533. The number of ether oxygens (including phenoxy) is 3. The molecule has 2 atom stereocenters. The molecule has 6 heteroatoms. The van der Waals surface area contributed by atoms with E-state index in [1.807, 2.05) is 31.2 Å². The molecule has 6 nitrogen and oxygen atoms in total. The molecule has 1 amide bonds. The Bertz CT molecular complexity index is 461. The van der Waals surface area contributed by atoms with E-state index < -0.39 is 6.10 Å². The van der Waals surface area contributed by atoms with Gasteiger partial charge in [-0.15, -0.1) is 0 Å². The second-order valence-corrected chi connectivity index (χ2v) is 4.92. The Morgan fingerprint density at radius 1 is 1.52 bits per heavy atom. The number of benzene rings is 1. The van der Waals surface area contributed by atoms with Crippen LogP contribution in [0.3, 0.4) is 0 Å². The summed E-state index contributed by atoms with van der Waals surface area (Å²) < 4.78 is 16.3. The molecule has 2 N–H and O–H groups in total. The van der Waals surface area contributed by atoms with E-state index in [1.54, 1.807) is 7.11 Å². The summed E-state index contributed by atoms with van der Waals surface area (Å²) in [7, 11) is 1.61. The van der Waals surface area contributed by atoms with Gasteiger partial charge in [-0.3, -0.25) is 4.79 Å². The number of carbonyl (C=O) groups excluding carboxylic acids is 1. The van der Waals surface area contributed by atoms with Crippen molar-refractivity contribution < 1.29 is 19.0 Å². The van der Waals surface area contributed by atoms with Crippen LogP contribution in [0.2, 0.25) is 0 Å². The van der Waals surface area contributed by atoms with Crippen LogP contribution in [-0.2, 0) is 9.53 Å². The van der Waals surface area contributed by atoms with Crippen LogP contribution in [0.25, 0.3) is 0 Å². The van der Waals surface area contributed by atoms with Crippen LogP contribution >= 0.6 is 0 Å². The van der Waals surface area contributed by atoms with Gasteiger partial charge in [0.25, 0.3) is 5.91 Å². The van der Waals surface area contributed by atoms with E-state index in [-0.39, 0.29) is 12.0 Å². The van der Waals surface area contributed by atoms with Crippen LogP contribution in [-0.4, -0.2) is 51.5 Å². The molecule has 1 aliphatic heterocycles. The van der Waals surface area contributed by atoms with Crippen molar-refractivity contribution in [3.8, 4) is 11.5 Å².